The van der Waals surface area contributed by atoms with Gasteiger partial charge in [0, 0.05) is 5.56 Å². The number of hydrogen-bond acceptors (Lipinski definition) is 4. The van der Waals surface area contributed by atoms with Crippen LogP contribution in [-0.4, -0.2) is 18.1 Å². The summed E-state index contributed by atoms with van der Waals surface area (Å²) in [5, 5.41) is 11.5. The molecule has 0 radical (unpaired) electrons. The third-order valence-electron chi connectivity index (χ3n) is 2.32. The maximum absolute atomic E-state index is 11.5. The average Bonchev–Trinajstić information content (AvgIpc) is 2.39. The van der Waals surface area contributed by atoms with E-state index in [0.29, 0.717) is 16.8 Å². The maximum Gasteiger partial charge on any atom is 0.337 e. The fraction of sp³-hybridized carbons (Fsp3) is 0.0833. The molecule has 1 aromatic carbocycles. The molecule has 0 fully saturated rings. The van der Waals surface area contributed by atoms with Crippen molar-refractivity contribution >= 4 is 5.97 Å². The predicted molar refractivity (Wildman–Crippen MR) is 60.0 cm³/mol. The molecule has 86 valence electrons. The van der Waals surface area contributed by atoms with Crippen LogP contribution in [-0.2, 0) is 4.74 Å². The SMILES string of the molecule is COC(=O)c1ccc(-c2cncc[n+]2[O-])cc1. The van der Waals surface area contributed by atoms with Gasteiger partial charge in [0.05, 0.1) is 18.9 Å². The van der Waals surface area contributed by atoms with Gasteiger partial charge >= 0.3 is 5.97 Å². The fourth-order valence-corrected chi connectivity index (χ4v) is 1.45. The zero-order valence-corrected chi connectivity index (χ0v) is 9.16. The van der Waals surface area contributed by atoms with Crippen molar-refractivity contribution in [3.8, 4) is 11.3 Å². The smallest absolute Gasteiger partial charge is 0.337 e. The Bertz CT molecular complexity index is 538. The van der Waals surface area contributed by atoms with Crippen LogP contribution in [0, 0.1) is 5.21 Å². The third kappa shape index (κ3) is 2.23. The summed E-state index contributed by atoms with van der Waals surface area (Å²) < 4.78 is 5.31. The van der Waals surface area contributed by atoms with Crippen LogP contribution in [0.2, 0.25) is 0 Å². The van der Waals surface area contributed by atoms with Crippen LogP contribution in [0.4, 0.5) is 0 Å². The number of rotatable bonds is 2. The second-order valence-electron chi connectivity index (χ2n) is 3.36. The van der Waals surface area contributed by atoms with E-state index in [-0.39, 0.29) is 0 Å². The first kappa shape index (κ1) is 11.1. The van der Waals surface area contributed by atoms with Crippen molar-refractivity contribution in [2.24, 2.45) is 0 Å². The summed E-state index contributed by atoms with van der Waals surface area (Å²) in [5.41, 5.74) is 1.57. The molecule has 0 atom stereocenters. The van der Waals surface area contributed by atoms with E-state index in [1.54, 1.807) is 24.3 Å². The number of ether oxygens (including phenoxy) is 1. The second kappa shape index (κ2) is 4.61. The largest absolute Gasteiger partial charge is 0.618 e. The molecule has 1 heterocycles. The lowest BCUT2D eigenvalue weighted by molar-refractivity contribution is -0.594. The summed E-state index contributed by atoms with van der Waals surface area (Å²) in [6, 6.07) is 6.57. The van der Waals surface area contributed by atoms with Crippen LogP contribution in [0.1, 0.15) is 10.4 Å². The Morgan fingerprint density at radius 3 is 2.65 bits per heavy atom. The van der Waals surface area contributed by atoms with E-state index < -0.39 is 5.97 Å². The Balaban J connectivity index is 2.36. The second-order valence-corrected chi connectivity index (χ2v) is 3.36. The van der Waals surface area contributed by atoms with E-state index in [9.17, 15) is 10.0 Å². The summed E-state index contributed by atoms with van der Waals surface area (Å²) in [6.45, 7) is 0. The average molecular weight is 230 g/mol. The van der Waals surface area contributed by atoms with E-state index in [1.807, 2.05) is 0 Å². The van der Waals surface area contributed by atoms with Gasteiger partial charge in [-0.1, -0.05) is 0 Å². The Labute approximate surface area is 97.9 Å². The highest BCUT2D eigenvalue weighted by molar-refractivity contribution is 5.89. The van der Waals surface area contributed by atoms with Crippen LogP contribution >= 0.6 is 0 Å². The maximum atomic E-state index is 11.5. The van der Waals surface area contributed by atoms with Crippen molar-refractivity contribution in [3.05, 3.63) is 53.6 Å². The van der Waals surface area contributed by atoms with E-state index >= 15 is 0 Å². The van der Waals surface area contributed by atoms with Crippen molar-refractivity contribution < 1.29 is 14.3 Å². The number of benzene rings is 1. The van der Waals surface area contributed by atoms with Gasteiger partial charge in [-0.05, 0) is 24.3 Å². The summed E-state index contributed by atoms with van der Waals surface area (Å²) in [7, 11) is 1.32. The highest BCUT2D eigenvalue weighted by Crippen LogP contribution is 2.15. The van der Waals surface area contributed by atoms with Crippen molar-refractivity contribution in [1.29, 1.82) is 0 Å². The molecule has 0 unspecified atom stereocenters. The summed E-state index contributed by atoms with van der Waals surface area (Å²) in [5.74, 6) is -0.405. The monoisotopic (exact) mass is 230 g/mol. The van der Waals surface area contributed by atoms with Gasteiger partial charge in [-0.3, -0.25) is 4.98 Å². The summed E-state index contributed by atoms with van der Waals surface area (Å²) >= 11 is 0. The minimum atomic E-state index is -0.405. The van der Waals surface area contributed by atoms with Crippen LogP contribution in [0.5, 0.6) is 0 Å². The molecule has 2 rings (SSSR count). The molecule has 0 bridgehead atoms. The zero-order valence-electron chi connectivity index (χ0n) is 9.16. The highest BCUT2D eigenvalue weighted by Gasteiger charge is 2.10. The molecule has 0 aliphatic heterocycles. The van der Waals surface area contributed by atoms with Crippen molar-refractivity contribution in [2.75, 3.05) is 7.11 Å². The quantitative estimate of drug-likeness (QED) is 0.441. The fourth-order valence-electron chi connectivity index (χ4n) is 1.45. The number of esters is 1. The minimum Gasteiger partial charge on any atom is -0.618 e. The molecule has 5 nitrogen and oxygen atoms in total. The van der Waals surface area contributed by atoms with Crippen molar-refractivity contribution in [2.45, 2.75) is 0 Å². The molecule has 17 heavy (non-hydrogen) atoms. The van der Waals surface area contributed by atoms with E-state index in [1.165, 1.54) is 25.7 Å². The number of aromatic nitrogens is 2. The molecule has 1 aromatic heterocycles. The molecule has 0 saturated heterocycles. The van der Waals surface area contributed by atoms with Gasteiger partial charge in [0.2, 0.25) is 5.69 Å². The first-order chi connectivity index (χ1) is 8.22. The van der Waals surface area contributed by atoms with E-state index in [2.05, 4.69) is 9.72 Å². The Morgan fingerprint density at radius 1 is 1.35 bits per heavy atom. The van der Waals surface area contributed by atoms with Crippen LogP contribution < -0.4 is 4.73 Å². The minimum absolute atomic E-state index is 0.405. The van der Waals surface area contributed by atoms with Crippen LogP contribution in [0.15, 0.2) is 42.9 Å². The van der Waals surface area contributed by atoms with Crippen molar-refractivity contribution in [3.63, 3.8) is 0 Å². The van der Waals surface area contributed by atoms with Gasteiger partial charge in [0.15, 0.2) is 6.20 Å². The number of nitrogens with zero attached hydrogens (tertiary/aromatic N) is 2. The molecule has 0 aliphatic rings. The Morgan fingerprint density at radius 2 is 2.06 bits per heavy atom. The molecule has 0 N–H and O–H groups in total. The number of methoxy groups -OCH3 is 1. The zero-order chi connectivity index (χ0) is 12.3. The van der Waals surface area contributed by atoms with Crippen LogP contribution in [0.3, 0.4) is 0 Å². The summed E-state index contributed by atoms with van der Waals surface area (Å²) in [6.07, 6.45) is 4.21. The van der Waals surface area contributed by atoms with Gasteiger partial charge in [-0.2, -0.15) is 4.73 Å². The lowest BCUT2D eigenvalue weighted by Crippen LogP contribution is -2.28. The predicted octanol–water partition coefficient (Wildman–Crippen LogP) is 1.17. The highest BCUT2D eigenvalue weighted by atomic mass is 16.5. The lowest BCUT2D eigenvalue weighted by atomic mass is 10.1. The Kier molecular flexibility index (Phi) is 3.00. The van der Waals surface area contributed by atoms with Gasteiger partial charge in [-0.25, -0.2) is 4.79 Å². The van der Waals surface area contributed by atoms with E-state index in [4.69, 9.17) is 0 Å². The molecule has 0 amide bonds. The molecular formula is C12H10N2O3. The van der Waals surface area contributed by atoms with Gasteiger partial charge in [0.1, 0.15) is 6.20 Å². The molecule has 2 aromatic rings. The van der Waals surface area contributed by atoms with Crippen molar-refractivity contribution in [1.82, 2.24) is 4.98 Å². The van der Waals surface area contributed by atoms with Gasteiger partial charge in [-0.15, -0.1) is 0 Å². The standard InChI is InChI=1S/C12H10N2O3/c1-17-12(15)10-4-2-9(3-5-10)11-8-13-6-7-14(11)16/h2-8H,1H3. The summed E-state index contributed by atoms with van der Waals surface area (Å²) in [4.78, 5) is 15.1. The molecule has 0 spiro atoms. The number of hydrogen-bond donors (Lipinski definition) is 0. The molecule has 0 saturated carbocycles. The Hall–Kier alpha value is -2.43. The van der Waals surface area contributed by atoms with E-state index in [0.717, 1.165) is 4.73 Å². The van der Waals surface area contributed by atoms with Crippen LogP contribution in [0.25, 0.3) is 11.3 Å². The van der Waals surface area contributed by atoms with Gasteiger partial charge < -0.3 is 9.94 Å². The molecule has 0 aliphatic carbocycles. The molecular weight excluding hydrogens is 220 g/mol. The first-order valence-electron chi connectivity index (χ1n) is 4.94. The third-order valence-corrected chi connectivity index (χ3v) is 2.32. The molecule has 5 heteroatoms. The normalized spacial score (nSPS) is 9.94. The number of carbonyl (C=O) groups is 1. The topological polar surface area (TPSA) is 66.1 Å². The van der Waals surface area contributed by atoms with Gasteiger partial charge in [0.25, 0.3) is 0 Å². The first-order valence-corrected chi connectivity index (χ1v) is 4.94. The lowest BCUT2D eigenvalue weighted by Gasteiger charge is -2.04. The number of carbonyl (C=O) groups excluding carboxylic acids is 1.